The number of hydrogen-bond acceptors (Lipinski definition) is 2. The van der Waals surface area contributed by atoms with Crippen molar-refractivity contribution in [3.8, 4) is 0 Å². The summed E-state index contributed by atoms with van der Waals surface area (Å²) in [5.74, 6) is -0.235. The molecule has 0 bridgehead atoms. The summed E-state index contributed by atoms with van der Waals surface area (Å²) in [6.07, 6.45) is 0.639. The van der Waals surface area contributed by atoms with Crippen LogP contribution in [0.5, 0.6) is 0 Å². The molecule has 0 amide bonds. The Labute approximate surface area is 66.4 Å². The zero-order valence-corrected chi connectivity index (χ0v) is 7.13. The summed E-state index contributed by atoms with van der Waals surface area (Å²) in [6, 6.07) is 0. The average Bonchev–Trinajstić information content (AvgIpc) is 1.98. The van der Waals surface area contributed by atoms with E-state index >= 15 is 0 Å². The van der Waals surface area contributed by atoms with Crippen LogP contribution >= 0.6 is 0 Å². The molecule has 1 N–H and O–H groups in total. The van der Waals surface area contributed by atoms with E-state index in [-0.39, 0.29) is 5.92 Å². The van der Waals surface area contributed by atoms with Crippen LogP contribution in [0.1, 0.15) is 20.3 Å². The second-order valence-electron chi connectivity index (χ2n) is 3.37. The third kappa shape index (κ3) is 0.948. The largest absolute Gasteiger partial charge is 0.479 e. The van der Waals surface area contributed by atoms with Crippen LogP contribution in [0.15, 0.2) is 0 Å². The topological polar surface area (TPSA) is 46.5 Å². The molecular weight excluding hydrogens is 144 g/mol. The Morgan fingerprint density at radius 2 is 2.18 bits per heavy atom. The molecule has 3 unspecified atom stereocenters. The Balaban J connectivity index is 2.73. The van der Waals surface area contributed by atoms with Gasteiger partial charge >= 0.3 is 5.97 Å². The number of carboxylic acids is 1. The molecule has 1 fully saturated rings. The van der Waals surface area contributed by atoms with Gasteiger partial charge in [-0.3, -0.25) is 0 Å². The van der Waals surface area contributed by atoms with Gasteiger partial charge in [0.05, 0.1) is 0 Å². The molecule has 64 valence electrons. The Kier molecular flexibility index (Phi) is 1.92. The Morgan fingerprint density at radius 1 is 1.64 bits per heavy atom. The van der Waals surface area contributed by atoms with Crippen LogP contribution in [0.4, 0.5) is 0 Å². The van der Waals surface area contributed by atoms with E-state index in [9.17, 15) is 4.79 Å². The van der Waals surface area contributed by atoms with E-state index in [0.29, 0.717) is 12.3 Å². The lowest BCUT2D eigenvalue weighted by Crippen LogP contribution is -2.58. The lowest BCUT2D eigenvalue weighted by molar-refractivity contribution is -0.196. The summed E-state index contributed by atoms with van der Waals surface area (Å²) in [7, 11) is 1.47. The first-order chi connectivity index (χ1) is 5.04. The van der Waals surface area contributed by atoms with Crippen LogP contribution in [0, 0.1) is 11.8 Å². The van der Waals surface area contributed by atoms with Crippen molar-refractivity contribution in [1.82, 2.24) is 0 Å². The molecule has 3 atom stereocenters. The van der Waals surface area contributed by atoms with Crippen molar-refractivity contribution in [3.05, 3.63) is 0 Å². The van der Waals surface area contributed by atoms with Gasteiger partial charge in [0.1, 0.15) is 0 Å². The fraction of sp³-hybridized carbons (Fsp3) is 0.875. The summed E-state index contributed by atoms with van der Waals surface area (Å²) in [5, 5.41) is 8.85. The number of carbonyl (C=O) groups is 1. The lowest BCUT2D eigenvalue weighted by Gasteiger charge is -2.48. The number of aliphatic carboxylic acids is 1. The zero-order valence-electron chi connectivity index (χ0n) is 7.13. The van der Waals surface area contributed by atoms with E-state index < -0.39 is 11.6 Å². The van der Waals surface area contributed by atoms with Gasteiger partial charge in [-0.1, -0.05) is 13.8 Å². The lowest BCUT2D eigenvalue weighted by atomic mass is 9.63. The highest BCUT2D eigenvalue weighted by atomic mass is 16.5. The van der Waals surface area contributed by atoms with E-state index in [1.807, 2.05) is 13.8 Å². The second kappa shape index (κ2) is 2.48. The summed E-state index contributed by atoms with van der Waals surface area (Å²) in [5.41, 5.74) is -0.889. The summed E-state index contributed by atoms with van der Waals surface area (Å²) in [4.78, 5) is 10.8. The fourth-order valence-electron chi connectivity index (χ4n) is 1.78. The van der Waals surface area contributed by atoms with Crippen LogP contribution in [0.3, 0.4) is 0 Å². The van der Waals surface area contributed by atoms with Gasteiger partial charge in [0, 0.05) is 7.11 Å². The molecule has 1 aliphatic carbocycles. The highest BCUT2D eigenvalue weighted by molar-refractivity contribution is 5.79. The molecule has 0 spiro atoms. The zero-order chi connectivity index (χ0) is 8.65. The molecule has 1 aliphatic rings. The Hall–Kier alpha value is -0.570. The van der Waals surface area contributed by atoms with Gasteiger partial charge in [-0.2, -0.15) is 0 Å². The summed E-state index contributed by atoms with van der Waals surface area (Å²) in [6.45, 7) is 3.97. The minimum Gasteiger partial charge on any atom is -0.479 e. The van der Waals surface area contributed by atoms with Crippen molar-refractivity contribution in [3.63, 3.8) is 0 Å². The molecule has 1 saturated carbocycles. The van der Waals surface area contributed by atoms with Gasteiger partial charge in [0.15, 0.2) is 5.60 Å². The van der Waals surface area contributed by atoms with Crippen molar-refractivity contribution < 1.29 is 14.6 Å². The number of rotatable bonds is 2. The first-order valence-corrected chi connectivity index (χ1v) is 3.83. The molecule has 0 heterocycles. The molecule has 0 aliphatic heterocycles. The van der Waals surface area contributed by atoms with Gasteiger partial charge in [0.2, 0.25) is 0 Å². The molecule has 0 aromatic heterocycles. The number of carboxylic acid groups (broad SMARTS) is 1. The highest BCUT2D eigenvalue weighted by Gasteiger charge is 2.55. The smallest absolute Gasteiger partial charge is 0.336 e. The quantitative estimate of drug-likeness (QED) is 0.655. The standard InChI is InChI=1S/C8H14O3/c1-5-4-8(11-3,6(5)2)7(9)10/h5-6H,4H2,1-3H3,(H,9,10). The van der Waals surface area contributed by atoms with E-state index in [1.165, 1.54) is 7.11 Å². The maximum Gasteiger partial charge on any atom is 0.336 e. The van der Waals surface area contributed by atoms with Crippen molar-refractivity contribution in [1.29, 1.82) is 0 Å². The van der Waals surface area contributed by atoms with E-state index in [2.05, 4.69) is 0 Å². The monoisotopic (exact) mass is 158 g/mol. The number of hydrogen-bond donors (Lipinski definition) is 1. The van der Waals surface area contributed by atoms with Crippen LogP contribution in [-0.4, -0.2) is 23.8 Å². The van der Waals surface area contributed by atoms with Crippen molar-refractivity contribution >= 4 is 5.97 Å². The van der Waals surface area contributed by atoms with Crippen LogP contribution in [-0.2, 0) is 9.53 Å². The molecule has 11 heavy (non-hydrogen) atoms. The molecule has 3 heteroatoms. The maximum absolute atomic E-state index is 10.8. The maximum atomic E-state index is 10.8. The van der Waals surface area contributed by atoms with Crippen molar-refractivity contribution in [2.45, 2.75) is 25.9 Å². The van der Waals surface area contributed by atoms with Gasteiger partial charge in [-0.25, -0.2) is 4.79 Å². The predicted molar refractivity (Wildman–Crippen MR) is 40.3 cm³/mol. The molecule has 0 saturated heterocycles. The van der Waals surface area contributed by atoms with Crippen LogP contribution < -0.4 is 0 Å². The van der Waals surface area contributed by atoms with Gasteiger partial charge in [-0.15, -0.1) is 0 Å². The average molecular weight is 158 g/mol. The molecule has 3 nitrogen and oxygen atoms in total. The number of methoxy groups -OCH3 is 1. The Morgan fingerprint density at radius 3 is 2.27 bits per heavy atom. The Bertz CT molecular complexity index is 178. The fourth-order valence-corrected chi connectivity index (χ4v) is 1.78. The third-order valence-corrected chi connectivity index (χ3v) is 2.94. The van der Waals surface area contributed by atoms with Gasteiger partial charge < -0.3 is 9.84 Å². The van der Waals surface area contributed by atoms with Crippen LogP contribution in [0.25, 0.3) is 0 Å². The van der Waals surface area contributed by atoms with Crippen molar-refractivity contribution in [2.24, 2.45) is 11.8 Å². The molecule has 1 rings (SSSR count). The van der Waals surface area contributed by atoms with E-state index in [4.69, 9.17) is 9.84 Å². The van der Waals surface area contributed by atoms with E-state index in [0.717, 1.165) is 0 Å². The molecule has 0 aromatic carbocycles. The van der Waals surface area contributed by atoms with Crippen LogP contribution in [0.2, 0.25) is 0 Å². The highest BCUT2D eigenvalue weighted by Crippen LogP contribution is 2.45. The normalized spacial score (nSPS) is 43.2. The predicted octanol–water partition coefficient (Wildman–Crippen LogP) is 1.13. The van der Waals surface area contributed by atoms with Gasteiger partial charge in [0.25, 0.3) is 0 Å². The van der Waals surface area contributed by atoms with Crippen molar-refractivity contribution in [2.75, 3.05) is 7.11 Å². The number of ether oxygens (including phenoxy) is 1. The second-order valence-corrected chi connectivity index (χ2v) is 3.37. The molecule has 0 aromatic rings. The van der Waals surface area contributed by atoms with E-state index in [1.54, 1.807) is 0 Å². The SMILES string of the molecule is COC1(C(=O)O)CC(C)C1C. The molecular formula is C8H14O3. The molecule has 0 radical (unpaired) electrons. The minimum absolute atomic E-state index is 0.130. The minimum atomic E-state index is -0.889. The van der Waals surface area contributed by atoms with Gasteiger partial charge in [-0.05, 0) is 18.3 Å². The first-order valence-electron chi connectivity index (χ1n) is 3.83. The third-order valence-electron chi connectivity index (χ3n) is 2.94. The first kappa shape index (κ1) is 8.53. The summed E-state index contributed by atoms with van der Waals surface area (Å²) >= 11 is 0. The summed E-state index contributed by atoms with van der Waals surface area (Å²) < 4.78 is 5.02.